The van der Waals surface area contributed by atoms with Gasteiger partial charge in [0.2, 0.25) is 15.7 Å². The molecule has 0 aliphatic heterocycles. The molecule has 0 aliphatic carbocycles. The Balaban J connectivity index is 1.94. The number of sulfone groups is 1. The largest absolute Gasteiger partial charge is 0.341 e. The van der Waals surface area contributed by atoms with Gasteiger partial charge in [-0.1, -0.05) is 23.1 Å². The van der Waals surface area contributed by atoms with Crippen LogP contribution in [0.3, 0.4) is 0 Å². The number of aromatic nitrogens is 2. The Morgan fingerprint density at radius 2 is 1.96 bits per heavy atom. The van der Waals surface area contributed by atoms with Gasteiger partial charge in [-0.15, -0.1) is 10.2 Å². The normalized spacial score (nSPS) is 11.7. The van der Waals surface area contributed by atoms with Gasteiger partial charge in [0.15, 0.2) is 4.34 Å². The SMILES string of the molecule is Cc1nnc(SCC(=O)Nc2ccc(S(=O)(=O)C(F)F)cc2)s1. The lowest BCUT2D eigenvalue weighted by atomic mass is 10.3. The van der Waals surface area contributed by atoms with Gasteiger partial charge in [-0.25, -0.2) is 8.42 Å². The van der Waals surface area contributed by atoms with Crippen molar-refractivity contribution in [1.82, 2.24) is 10.2 Å². The number of thioether (sulfide) groups is 1. The van der Waals surface area contributed by atoms with Crippen molar-refractivity contribution in [3.8, 4) is 0 Å². The maximum absolute atomic E-state index is 12.4. The van der Waals surface area contributed by atoms with Gasteiger partial charge in [0.05, 0.1) is 10.6 Å². The highest BCUT2D eigenvalue weighted by molar-refractivity contribution is 8.01. The minimum atomic E-state index is -4.63. The number of carbonyl (C=O) groups excluding carboxylic acids is 1. The second-order valence-corrected chi connectivity index (χ2v) is 8.58. The first-order valence-corrected chi connectivity index (χ1v) is 9.49. The lowest BCUT2D eigenvalue weighted by Gasteiger charge is -2.06. The number of halogens is 2. The molecule has 2 rings (SSSR count). The van der Waals surface area contributed by atoms with E-state index >= 15 is 0 Å². The summed E-state index contributed by atoms with van der Waals surface area (Å²) in [5.74, 6) is -3.70. The molecule has 0 saturated carbocycles. The number of anilines is 1. The first kappa shape index (κ1) is 17.8. The van der Waals surface area contributed by atoms with Crippen molar-refractivity contribution in [2.75, 3.05) is 11.1 Å². The minimum absolute atomic E-state index is 0.103. The fourth-order valence-corrected chi connectivity index (χ4v) is 3.83. The molecule has 1 amide bonds. The van der Waals surface area contributed by atoms with E-state index in [9.17, 15) is 22.0 Å². The molecule has 0 atom stereocenters. The molecular weight excluding hydrogens is 368 g/mol. The molecular formula is C12H11F2N3O3S3. The number of carbonyl (C=O) groups is 1. The molecule has 0 radical (unpaired) electrons. The highest BCUT2D eigenvalue weighted by Crippen LogP contribution is 2.23. The van der Waals surface area contributed by atoms with Crippen LogP contribution in [0, 0.1) is 6.92 Å². The third-order valence-corrected chi connectivity index (χ3v) is 5.91. The predicted octanol–water partition coefficient (Wildman–Crippen LogP) is 2.57. The van der Waals surface area contributed by atoms with Crippen LogP contribution in [0.5, 0.6) is 0 Å². The van der Waals surface area contributed by atoms with Gasteiger partial charge in [0, 0.05) is 5.69 Å². The smallest absolute Gasteiger partial charge is 0.325 e. The van der Waals surface area contributed by atoms with Crippen LogP contribution in [-0.2, 0) is 14.6 Å². The van der Waals surface area contributed by atoms with E-state index in [2.05, 4.69) is 15.5 Å². The monoisotopic (exact) mass is 379 g/mol. The van der Waals surface area contributed by atoms with Crippen LogP contribution in [-0.4, -0.2) is 36.0 Å². The Morgan fingerprint density at radius 1 is 1.30 bits per heavy atom. The van der Waals surface area contributed by atoms with Crippen LogP contribution in [0.25, 0.3) is 0 Å². The number of nitrogens with zero attached hydrogens (tertiary/aromatic N) is 2. The van der Waals surface area contributed by atoms with Crippen molar-refractivity contribution in [2.45, 2.75) is 21.9 Å². The molecule has 0 unspecified atom stereocenters. The average molecular weight is 379 g/mol. The van der Waals surface area contributed by atoms with Gasteiger partial charge in [0.25, 0.3) is 0 Å². The highest BCUT2D eigenvalue weighted by atomic mass is 32.2. The summed E-state index contributed by atoms with van der Waals surface area (Å²) < 4.78 is 48.0. The second-order valence-electron chi connectivity index (χ2n) is 4.25. The van der Waals surface area contributed by atoms with E-state index in [-0.39, 0.29) is 11.7 Å². The van der Waals surface area contributed by atoms with Gasteiger partial charge in [-0.3, -0.25) is 4.79 Å². The lowest BCUT2D eigenvalue weighted by molar-refractivity contribution is -0.113. The molecule has 1 heterocycles. The van der Waals surface area contributed by atoms with Gasteiger partial charge in [0.1, 0.15) is 5.01 Å². The molecule has 0 bridgehead atoms. The summed E-state index contributed by atoms with van der Waals surface area (Å²) in [6, 6.07) is 4.57. The minimum Gasteiger partial charge on any atom is -0.325 e. The van der Waals surface area contributed by atoms with Crippen LogP contribution < -0.4 is 5.32 Å². The summed E-state index contributed by atoms with van der Waals surface area (Å²) in [6.45, 7) is 1.80. The highest BCUT2D eigenvalue weighted by Gasteiger charge is 2.26. The van der Waals surface area contributed by atoms with Crippen molar-refractivity contribution in [2.24, 2.45) is 0 Å². The second kappa shape index (κ2) is 7.32. The number of rotatable bonds is 6. The van der Waals surface area contributed by atoms with Crippen molar-refractivity contribution >= 4 is 44.5 Å². The fourth-order valence-electron chi connectivity index (χ4n) is 1.49. The summed E-state index contributed by atoms with van der Waals surface area (Å²) in [4.78, 5) is 11.3. The Labute approximate surface area is 139 Å². The van der Waals surface area contributed by atoms with Crippen LogP contribution in [0.4, 0.5) is 14.5 Å². The maximum atomic E-state index is 12.4. The first-order valence-electron chi connectivity index (χ1n) is 6.14. The van der Waals surface area contributed by atoms with E-state index in [1.807, 2.05) is 0 Å². The van der Waals surface area contributed by atoms with Gasteiger partial charge in [-0.2, -0.15) is 8.78 Å². The van der Waals surface area contributed by atoms with E-state index in [1.165, 1.54) is 35.2 Å². The lowest BCUT2D eigenvalue weighted by Crippen LogP contribution is -2.14. The Bertz CT molecular complexity index is 791. The number of nitrogens with one attached hydrogen (secondary N) is 1. The molecule has 0 aliphatic rings. The first-order chi connectivity index (χ1) is 10.8. The Morgan fingerprint density at radius 3 is 2.48 bits per heavy atom. The van der Waals surface area contributed by atoms with Gasteiger partial charge in [-0.05, 0) is 31.2 Å². The number of hydrogen-bond acceptors (Lipinski definition) is 7. The van der Waals surface area contributed by atoms with Crippen molar-refractivity contribution < 1.29 is 22.0 Å². The van der Waals surface area contributed by atoms with Gasteiger partial charge >= 0.3 is 5.76 Å². The topological polar surface area (TPSA) is 89.0 Å². The Kier molecular flexibility index (Phi) is 5.65. The number of aryl methyl sites for hydroxylation is 1. The molecule has 1 N–H and O–H groups in total. The third-order valence-electron chi connectivity index (χ3n) is 2.54. The van der Waals surface area contributed by atoms with E-state index in [4.69, 9.17) is 0 Å². The van der Waals surface area contributed by atoms with E-state index in [1.54, 1.807) is 6.92 Å². The molecule has 0 spiro atoms. The number of amides is 1. The van der Waals surface area contributed by atoms with E-state index in [0.29, 0.717) is 10.0 Å². The standard InChI is InChI=1S/C12H11F2N3O3S3/c1-7-16-17-12(22-7)21-6-10(18)15-8-2-4-9(5-3-8)23(19,20)11(13)14/h2-5,11H,6H2,1H3,(H,15,18). The zero-order valence-corrected chi connectivity index (χ0v) is 14.1. The van der Waals surface area contributed by atoms with Crippen molar-refractivity contribution in [3.63, 3.8) is 0 Å². The van der Waals surface area contributed by atoms with Crippen molar-refractivity contribution in [1.29, 1.82) is 0 Å². The molecule has 1 aromatic heterocycles. The fraction of sp³-hybridized carbons (Fsp3) is 0.250. The average Bonchev–Trinajstić information content (AvgIpc) is 2.91. The zero-order valence-electron chi connectivity index (χ0n) is 11.7. The van der Waals surface area contributed by atoms with Crippen LogP contribution in [0.1, 0.15) is 5.01 Å². The van der Waals surface area contributed by atoms with Crippen LogP contribution in [0.15, 0.2) is 33.5 Å². The third kappa shape index (κ3) is 4.69. The summed E-state index contributed by atoms with van der Waals surface area (Å²) in [7, 11) is -4.63. The van der Waals surface area contributed by atoms with E-state index in [0.717, 1.165) is 17.1 Å². The molecule has 6 nitrogen and oxygen atoms in total. The predicted molar refractivity (Wildman–Crippen MR) is 83.6 cm³/mol. The van der Waals surface area contributed by atoms with E-state index < -0.39 is 20.5 Å². The summed E-state index contributed by atoms with van der Waals surface area (Å²) in [5, 5.41) is 11.0. The summed E-state index contributed by atoms with van der Waals surface area (Å²) in [5.41, 5.74) is 0.317. The quantitative estimate of drug-likeness (QED) is 0.776. The number of alkyl halides is 2. The molecule has 0 saturated heterocycles. The molecule has 124 valence electrons. The zero-order chi connectivity index (χ0) is 17.0. The summed E-state index contributed by atoms with van der Waals surface area (Å²) >= 11 is 2.58. The maximum Gasteiger partial charge on any atom is 0.341 e. The number of hydrogen-bond donors (Lipinski definition) is 1. The molecule has 0 fully saturated rings. The van der Waals surface area contributed by atoms with Crippen molar-refractivity contribution in [3.05, 3.63) is 29.3 Å². The molecule has 23 heavy (non-hydrogen) atoms. The number of benzene rings is 1. The molecule has 11 heteroatoms. The molecule has 1 aromatic carbocycles. The van der Waals surface area contributed by atoms with Crippen LogP contribution in [0.2, 0.25) is 0 Å². The Hall–Kier alpha value is -1.59. The van der Waals surface area contributed by atoms with Crippen LogP contribution >= 0.6 is 23.1 Å². The molecule has 2 aromatic rings. The summed E-state index contributed by atoms with van der Waals surface area (Å²) in [6.07, 6.45) is 0. The van der Waals surface area contributed by atoms with Gasteiger partial charge < -0.3 is 5.32 Å².